The van der Waals surface area contributed by atoms with Gasteiger partial charge in [0.2, 0.25) is 0 Å². The Morgan fingerprint density at radius 2 is 1.66 bits per heavy atom. The monoisotopic (exact) mass is 470 g/mol. The van der Waals surface area contributed by atoms with Crippen molar-refractivity contribution in [2.24, 2.45) is 5.73 Å². The Kier molecular flexibility index (Phi) is 5.90. The highest BCUT2D eigenvalue weighted by atomic mass is 16.5. The van der Waals surface area contributed by atoms with Crippen molar-refractivity contribution in [1.82, 2.24) is 19.9 Å². The number of nitrogens with one attached hydrogen (secondary N) is 1. The number of fused-ring (bicyclic) bond motifs is 1. The molecule has 1 fully saturated rings. The van der Waals surface area contributed by atoms with Crippen molar-refractivity contribution in [3.05, 3.63) is 60.9 Å². The van der Waals surface area contributed by atoms with Crippen LogP contribution in [0.3, 0.4) is 0 Å². The fourth-order valence-electron chi connectivity index (χ4n) is 4.21. The molecule has 0 spiro atoms. The van der Waals surface area contributed by atoms with Crippen molar-refractivity contribution in [3.63, 3.8) is 0 Å². The van der Waals surface area contributed by atoms with Crippen molar-refractivity contribution in [3.8, 4) is 28.1 Å². The second kappa shape index (κ2) is 9.03. The number of carbonyl (C=O) groups excluding carboxylic acids is 1. The van der Waals surface area contributed by atoms with Gasteiger partial charge in [-0.3, -0.25) is 4.79 Å². The molecule has 5 rings (SSSR count). The molecule has 8 nitrogen and oxygen atoms in total. The highest BCUT2D eigenvalue weighted by Gasteiger charge is 2.27. The SMILES string of the molecule is CN1CCN(c2ccc(-c3cnc4[nH]cc(-c5ccc(OC(C)(C)C(N)=O)cc5)c4n3)cc2)CC1. The molecule has 0 radical (unpaired) electrons. The minimum atomic E-state index is -1.08. The molecule has 0 bridgehead atoms. The maximum atomic E-state index is 11.6. The highest BCUT2D eigenvalue weighted by molar-refractivity contribution is 5.91. The molecule has 1 aliphatic heterocycles. The highest BCUT2D eigenvalue weighted by Crippen LogP contribution is 2.31. The number of carbonyl (C=O) groups is 1. The van der Waals surface area contributed by atoms with Crippen molar-refractivity contribution >= 4 is 22.8 Å². The zero-order valence-electron chi connectivity index (χ0n) is 20.3. The lowest BCUT2D eigenvalue weighted by molar-refractivity contribution is -0.130. The van der Waals surface area contributed by atoms with Crippen molar-refractivity contribution in [2.75, 3.05) is 38.1 Å². The predicted octanol–water partition coefficient (Wildman–Crippen LogP) is 3.69. The van der Waals surface area contributed by atoms with Gasteiger partial charge in [0.15, 0.2) is 11.2 Å². The number of aromatic nitrogens is 3. The van der Waals surface area contributed by atoms with E-state index in [0.29, 0.717) is 5.75 Å². The van der Waals surface area contributed by atoms with Gasteiger partial charge >= 0.3 is 0 Å². The Morgan fingerprint density at radius 1 is 1.00 bits per heavy atom. The number of benzene rings is 2. The van der Waals surface area contributed by atoms with Crippen LogP contribution in [-0.4, -0.2) is 64.6 Å². The number of H-pyrrole nitrogens is 1. The lowest BCUT2D eigenvalue weighted by atomic mass is 10.1. The first-order valence-corrected chi connectivity index (χ1v) is 11.8. The number of hydrogen-bond donors (Lipinski definition) is 2. The zero-order chi connectivity index (χ0) is 24.6. The molecule has 35 heavy (non-hydrogen) atoms. The maximum Gasteiger partial charge on any atom is 0.261 e. The van der Waals surface area contributed by atoms with E-state index < -0.39 is 11.5 Å². The fourth-order valence-corrected chi connectivity index (χ4v) is 4.21. The van der Waals surface area contributed by atoms with Crippen molar-refractivity contribution < 1.29 is 9.53 Å². The number of hydrogen-bond acceptors (Lipinski definition) is 6. The molecule has 2 aromatic carbocycles. The number of rotatable bonds is 6. The average molecular weight is 471 g/mol. The number of nitrogens with zero attached hydrogens (tertiary/aromatic N) is 4. The molecule has 1 amide bonds. The summed E-state index contributed by atoms with van der Waals surface area (Å²) in [6.45, 7) is 7.54. The van der Waals surface area contributed by atoms with Gasteiger partial charge in [-0.2, -0.15) is 0 Å². The summed E-state index contributed by atoms with van der Waals surface area (Å²) in [5, 5.41) is 0. The lowest BCUT2D eigenvalue weighted by Gasteiger charge is -2.34. The molecule has 1 aliphatic rings. The normalized spacial score (nSPS) is 14.9. The van der Waals surface area contributed by atoms with E-state index in [4.69, 9.17) is 15.5 Å². The standard InChI is InChI=1S/C27H30N6O2/c1-27(2,26(28)34)35-21-10-6-18(7-11-21)22-16-29-25-24(22)31-23(17-30-25)19-4-8-20(9-5-19)33-14-12-32(3)13-15-33/h4-11,16-17H,12-15H2,1-3H3,(H2,28,34)(H,29,30). The van der Waals surface area contributed by atoms with E-state index in [-0.39, 0.29) is 0 Å². The average Bonchev–Trinajstić information content (AvgIpc) is 3.28. The number of anilines is 1. The summed E-state index contributed by atoms with van der Waals surface area (Å²) in [5.41, 5.74) is 10.9. The van der Waals surface area contributed by atoms with E-state index in [1.807, 2.05) is 30.5 Å². The lowest BCUT2D eigenvalue weighted by Crippen LogP contribution is -2.44. The number of primary amides is 1. The van der Waals surface area contributed by atoms with E-state index >= 15 is 0 Å². The van der Waals surface area contributed by atoms with Crippen LogP contribution in [0.1, 0.15) is 13.8 Å². The smallest absolute Gasteiger partial charge is 0.261 e. The molecule has 0 aliphatic carbocycles. The summed E-state index contributed by atoms with van der Waals surface area (Å²) in [6.07, 6.45) is 3.71. The van der Waals surface area contributed by atoms with Crippen LogP contribution >= 0.6 is 0 Å². The molecule has 0 unspecified atom stereocenters. The van der Waals surface area contributed by atoms with Crippen LogP contribution in [0, 0.1) is 0 Å². The van der Waals surface area contributed by atoms with Crippen LogP contribution in [0.15, 0.2) is 60.9 Å². The maximum absolute atomic E-state index is 11.6. The van der Waals surface area contributed by atoms with Gasteiger partial charge < -0.3 is 25.3 Å². The van der Waals surface area contributed by atoms with E-state index in [2.05, 4.69) is 51.1 Å². The Balaban J connectivity index is 1.39. The molecule has 4 aromatic rings. The second-order valence-corrected chi connectivity index (χ2v) is 9.49. The summed E-state index contributed by atoms with van der Waals surface area (Å²) < 4.78 is 5.74. The van der Waals surface area contributed by atoms with Crippen LogP contribution in [0.25, 0.3) is 33.5 Å². The van der Waals surface area contributed by atoms with Crippen molar-refractivity contribution in [1.29, 1.82) is 0 Å². The molecule has 180 valence electrons. The van der Waals surface area contributed by atoms with Gasteiger partial charge in [0, 0.05) is 49.2 Å². The summed E-state index contributed by atoms with van der Waals surface area (Å²) in [4.78, 5) is 29.1. The van der Waals surface area contributed by atoms with Gasteiger partial charge in [0.25, 0.3) is 5.91 Å². The number of likely N-dealkylation sites (N-methyl/N-ethyl adjacent to an activating group) is 1. The molecule has 0 saturated carbocycles. The Bertz CT molecular complexity index is 1340. The van der Waals surface area contributed by atoms with Gasteiger partial charge in [0.05, 0.1) is 11.9 Å². The van der Waals surface area contributed by atoms with Gasteiger partial charge in [0.1, 0.15) is 11.3 Å². The molecule has 1 saturated heterocycles. The third kappa shape index (κ3) is 4.70. The molecular formula is C27H30N6O2. The first kappa shape index (κ1) is 22.9. The minimum absolute atomic E-state index is 0.516. The molecule has 2 aromatic heterocycles. The molecule has 3 N–H and O–H groups in total. The van der Waals surface area contributed by atoms with Gasteiger partial charge in [-0.15, -0.1) is 0 Å². The van der Waals surface area contributed by atoms with E-state index in [0.717, 1.165) is 59.7 Å². The second-order valence-electron chi connectivity index (χ2n) is 9.49. The third-order valence-corrected chi connectivity index (χ3v) is 6.54. The summed E-state index contributed by atoms with van der Waals surface area (Å²) in [7, 11) is 2.16. The zero-order valence-corrected chi connectivity index (χ0v) is 20.3. The molecule has 8 heteroatoms. The van der Waals surface area contributed by atoms with Crippen LogP contribution in [0.2, 0.25) is 0 Å². The van der Waals surface area contributed by atoms with E-state index in [1.54, 1.807) is 20.0 Å². The fraction of sp³-hybridized carbons (Fsp3) is 0.296. The van der Waals surface area contributed by atoms with Crippen molar-refractivity contribution in [2.45, 2.75) is 19.4 Å². The summed E-state index contributed by atoms with van der Waals surface area (Å²) in [5.74, 6) is 0.0576. The van der Waals surface area contributed by atoms with E-state index in [9.17, 15) is 4.79 Å². The Morgan fingerprint density at radius 3 is 2.31 bits per heavy atom. The topological polar surface area (TPSA) is 100 Å². The summed E-state index contributed by atoms with van der Waals surface area (Å²) in [6, 6.07) is 16.1. The predicted molar refractivity (Wildman–Crippen MR) is 138 cm³/mol. The Labute approximate surface area is 204 Å². The number of nitrogens with two attached hydrogens (primary N) is 1. The first-order valence-electron chi connectivity index (χ1n) is 11.8. The quantitative estimate of drug-likeness (QED) is 0.446. The Hall–Kier alpha value is -3.91. The van der Waals surface area contributed by atoms with Gasteiger partial charge in [-0.25, -0.2) is 9.97 Å². The molecule has 0 atom stereocenters. The minimum Gasteiger partial charge on any atom is -0.478 e. The van der Waals surface area contributed by atoms with E-state index in [1.165, 1.54) is 5.69 Å². The van der Waals surface area contributed by atoms with Gasteiger partial charge in [-0.1, -0.05) is 24.3 Å². The number of amides is 1. The van der Waals surface area contributed by atoms with Crippen LogP contribution < -0.4 is 15.4 Å². The van der Waals surface area contributed by atoms with Crippen LogP contribution in [0.4, 0.5) is 5.69 Å². The number of piperazine rings is 1. The van der Waals surface area contributed by atoms with Gasteiger partial charge in [-0.05, 0) is 50.7 Å². The number of ether oxygens (including phenoxy) is 1. The molecular weight excluding hydrogens is 440 g/mol. The number of aromatic amines is 1. The largest absolute Gasteiger partial charge is 0.478 e. The van der Waals surface area contributed by atoms with Crippen LogP contribution in [-0.2, 0) is 4.79 Å². The molecule has 3 heterocycles. The summed E-state index contributed by atoms with van der Waals surface area (Å²) >= 11 is 0. The first-order chi connectivity index (χ1) is 16.8. The van der Waals surface area contributed by atoms with Crippen LogP contribution in [0.5, 0.6) is 5.75 Å². The third-order valence-electron chi connectivity index (χ3n) is 6.54.